The van der Waals surface area contributed by atoms with Crippen LogP contribution >= 0.6 is 15.9 Å². The molecule has 42 heavy (non-hydrogen) atoms. The number of Topliss-reactive ketones (excluding diaryl/α,β-unsaturated/α-hetero) is 1. The molecule has 1 spiro atoms. The highest BCUT2D eigenvalue weighted by Gasteiger charge is 2.78. The van der Waals surface area contributed by atoms with Crippen molar-refractivity contribution in [1.29, 1.82) is 0 Å². The Morgan fingerprint density at radius 1 is 1.07 bits per heavy atom. The van der Waals surface area contributed by atoms with Crippen LogP contribution in [-0.4, -0.2) is 53.0 Å². The molecule has 1 aliphatic carbocycles. The predicted molar refractivity (Wildman–Crippen MR) is 158 cm³/mol. The van der Waals surface area contributed by atoms with E-state index in [2.05, 4.69) is 15.9 Å². The Morgan fingerprint density at radius 2 is 1.67 bits per heavy atom. The van der Waals surface area contributed by atoms with Gasteiger partial charge in [-0.25, -0.2) is 9.69 Å². The van der Waals surface area contributed by atoms with Crippen molar-refractivity contribution >= 4 is 51.7 Å². The molecule has 2 amide bonds. The summed E-state index contributed by atoms with van der Waals surface area (Å²) >= 11 is 3.41. The Bertz CT molecular complexity index is 1450. The van der Waals surface area contributed by atoms with Crippen LogP contribution in [0.4, 0.5) is 10.5 Å². The van der Waals surface area contributed by atoms with Crippen LogP contribution in [0.3, 0.4) is 0 Å². The van der Waals surface area contributed by atoms with Crippen LogP contribution < -0.4 is 4.90 Å². The number of carbonyl (C=O) groups is 5. The second-order valence-corrected chi connectivity index (χ2v) is 13.2. The number of fused-ring (bicyclic) bond motifs is 2. The van der Waals surface area contributed by atoms with Crippen molar-refractivity contribution < 1.29 is 38.6 Å². The summed E-state index contributed by atoms with van der Waals surface area (Å²) in [6.45, 7) is 10.4. The molecule has 224 valence electrons. The van der Waals surface area contributed by atoms with Crippen LogP contribution in [-0.2, 0) is 34.1 Å². The predicted octanol–water partition coefficient (Wildman–Crippen LogP) is 5.11. The fourth-order valence-electron chi connectivity index (χ4n) is 6.94. The fraction of sp³-hybridized carbons (Fsp3) is 0.469. The Kier molecular flexibility index (Phi) is 8.06. The molecule has 2 aromatic rings. The molecular weight excluding hydrogens is 606 g/mol. The number of esters is 1. The van der Waals surface area contributed by atoms with Crippen LogP contribution in [0.5, 0.6) is 0 Å². The SMILES string of the molecule is CCOC(=O)[C@H]1[C@@]2(C(=O)N(C(=O)OC(C)(C)C)c3ccccc32)[C@@H](c2ccc(Br)cc2)[C@H](C=O)[C@](C)(O)[C@]1(C)C(C)=O. The summed E-state index contributed by atoms with van der Waals surface area (Å²) in [6.07, 6.45) is -0.443. The number of carbonyl (C=O) groups excluding carboxylic acids is 5. The monoisotopic (exact) mass is 641 g/mol. The van der Waals surface area contributed by atoms with Gasteiger partial charge in [0.05, 0.1) is 40.6 Å². The first-order chi connectivity index (χ1) is 19.5. The van der Waals surface area contributed by atoms with E-state index in [1.54, 1.807) is 76.2 Å². The molecule has 2 aliphatic rings. The van der Waals surface area contributed by atoms with Crippen LogP contribution in [0.1, 0.15) is 65.5 Å². The maximum Gasteiger partial charge on any atom is 0.421 e. The summed E-state index contributed by atoms with van der Waals surface area (Å²) in [5.41, 5.74) is -6.25. The zero-order chi connectivity index (χ0) is 31.4. The van der Waals surface area contributed by atoms with E-state index in [-0.39, 0.29) is 17.9 Å². The minimum absolute atomic E-state index is 0.0762. The Hall–Kier alpha value is -3.37. The van der Waals surface area contributed by atoms with Crippen LogP contribution in [0, 0.1) is 17.3 Å². The minimum Gasteiger partial charge on any atom is -0.466 e. The van der Waals surface area contributed by atoms with Crippen molar-refractivity contribution in [2.24, 2.45) is 17.3 Å². The van der Waals surface area contributed by atoms with Crippen molar-refractivity contribution in [3.63, 3.8) is 0 Å². The van der Waals surface area contributed by atoms with Gasteiger partial charge in [0.15, 0.2) is 0 Å². The molecule has 4 rings (SSSR count). The number of hydrogen-bond acceptors (Lipinski definition) is 8. The normalized spacial score (nSPS) is 30.5. The first-order valence-corrected chi connectivity index (χ1v) is 14.6. The Labute approximate surface area is 253 Å². The van der Waals surface area contributed by atoms with Crippen molar-refractivity contribution in [2.75, 3.05) is 11.5 Å². The van der Waals surface area contributed by atoms with Crippen molar-refractivity contribution in [1.82, 2.24) is 0 Å². The quantitative estimate of drug-likeness (QED) is 0.353. The number of nitrogens with zero attached hydrogens (tertiary/aromatic N) is 1. The number of aldehydes is 1. The molecule has 9 nitrogen and oxygen atoms in total. The van der Waals surface area contributed by atoms with E-state index in [4.69, 9.17) is 9.47 Å². The average molecular weight is 643 g/mol. The topological polar surface area (TPSA) is 127 Å². The number of para-hydroxylation sites is 1. The smallest absolute Gasteiger partial charge is 0.421 e. The molecule has 0 bridgehead atoms. The van der Waals surface area contributed by atoms with E-state index in [9.17, 15) is 24.3 Å². The van der Waals surface area contributed by atoms with E-state index in [1.165, 1.54) is 20.8 Å². The molecule has 1 fully saturated rings. The van der Waals surface area contributed by atoms with Gasteiger partial charge in [0.1, 0.15) is 17.7 Å². The lowest BCUT2D eigenvalue weighted by atomic mass is 9.40. The Balaban J connectivity index is 2.22. The van der Waals surface area contributed by atoms with Gasteiger partial charge in [-0.15, -0.1) is 0 Å². The van der Waals surface area contributed by atoms with Gasteiger partial charge in [-0.2, -0.15) is 0 Å². The van der Waals surface area contributed by atoms with E-state index in [0.717, 1.165) is 9.37 Å². The van der Waals surface area contributed by atoms with Crippen molar-refractivity contribution in [3.8, 4) is 0 Å². The summed E-state index contributed by atoms with van der Waals surface area (Å²) in [4.78, 5) is 70.6. The number of rotatable bonds is 5. The number of aliphatic hydroxyl groups is 1. The summed E-state index contributed by atoms with van der Waals surface area (Å²) in [5.74, 6) is -6.57. The number of amides is 2. The molecule has 0 aromatic heterocycles. The zero-order valence-electron chi connectivity index (χ0n) is 24.8. The maximum atomic E-state index is 15.1. The van der Waals surface area contributed by atoms with Gasteiger partial charge in [-0.1, -0.05) is 46.3 Å². The van der Waals surface area contributed by atoms with Gasteiger partial charge in [0.2, 0.25) is 5.91 Å². The molecule has 1 saturated carbocycles. The van der Waals surface area contributed by atoms with E-state index in [1.807, 2.05) is 0 Å². The summed E-state index contributed by atoms with van der Waals surface area (Å²) in [6, 6.07) is 13.3. The molecule has 0 radical (unpaired) electrons. The number of ketones is 1. The van der Waals surface area contributed by atoms with Gasteiger partial charge in [0.25, 0.3) is 0 Å². The van der Waals surface area contributed by atoms with Gasteiger partial charge in [-0.05, 0) is 77.8 Å². The first kappa shape index (κ1) is 31.6. The molecule has 1 aliphatic heterocycles. The van der Waals surface area contributed by atoms with E-state index >= 15 is 4.79 Å². The number of imide groups is 1. The lowest BCUT2D eigenvalue weighted by Gasteiger charge is -2.61. The van der Waals surface area contributed by atoms with Gasteiger partial charge in [-0.3, -0.25) is 14.4 Å². The minimum atomic E-state index is -2.12. The third-order valence-electron chi connectivity index (χ3n) is 8.94. The highest BCUT2D eigenvalue weighted by atomic mass is 79.9. The zero-order valence-corrected chi connectivity index (χ0v) is 26.4. The molecule has 6 atom stereocenters. The second kappa shape index (κ2) is 10.7. The molecule has 0 saturated heterocycles. The molecule has 1 heterocycles. The van der Waals surface area contributed by atoms with Crippen LogP contribution in [0.15, 0.2) is 53.0 Å². The standard InChI is InChI=1S/C32H36BrNO8/c1-8-41-26(37)25-30(6,18(2)36)31(7,40)22(17-35)24(19-13-15-20(33)16-14-19)32(25)21-11-9-10-12-23(21)34(27(32)38)28(39)42-29(3,4)5/h9-17,22,24-25,40H,8H2,1-7H3/t22-,24-,25+,30+,31-,32-/m0/s1. The van der Waals surface area contributed by atoms with E-state index < -0.39 is 63.5 Å². The lowest BCUT2D eigenvalue weighted by molar-refractivity contribution is -0.207. The first-order valence-electron chi connectivity index (χ1n) is 13.8. The van der Waals surface area contributed by atoms with Gasteiger partial charge < -0.3 is 19.4 Å². The summed E-state index contributed by atoms with van der Waals surface area (Å²) in [5, 5.41) is 12.2. The second-order valence-electron chi connectivity index (χ2n) is 12.3. The third-order valence-corrected chi connectivity index (χ3v) is 9.46. The number of halogens is 1. The molecular formula is C32H36BrNO8. The molecule has 2 aromatic carbocycles. The van der Waals surface area contributed by atoms with E-state index in [0.29, 0.717) is 11.8 Å². The average Bonchev–Trinajstić information content (AvgIpc) is 3.14. The van der Waals surface area contributed by atoms with Gasteiger partial charge >= 0.3 is 12.1 Å². The molecule has 10 heteroatoms. The molecule has 0 unspecified atom stereocenters. The number of ether oxygens (including phenoxy) is 2. The number of anilines is 1. The Morgan fingerprint density at radius 3 is 2.19 bits per heavy atom. The molecule has 1 N–H and O–H groups in total. The highest BCUT2D eigenvalue weighted by Crippen LogP contribution is 2.68. The fourth-order valence-corrected chi connectivity index (χ4v) is 7.20. The largest absolute Gasteiger partial charge is 0.466 e. The summed E-state index contributed by atoms with van der Waals surface area (Å²) in [7, 11) is 0. The number of hydrogen-bond donors (Lipinski definition) is 1. The maximum absolute atomic E-state index is 15.1. The summed E-state index contributed by atoms with van der Waals surface area (Å²) < 4.78 is 11.9. The van der Waals surface area contributed by atoms with Crippen LogP contribution in [0.25, 0.3) is 0 Å². The number of benzene rings is 2. The third kappa shape index (κ3) is 4.41. The lowest BCUT2D eigenvalue weighted by Crippen LogP contribution is -2.73. The van der Waals surface area contributed by atoms with Crippen molar-refractivity contribution in [2.45, 2.75) is 71.0 Å². The van der Waals surface area contributed by atoms with Crippen molar-refractivity contribution in [3.05, 3.63) is 64.1 Å². The highest BCUT2D eigenvalue weighted by molar-refractivity contribution is 9.10. The van der Waals surface area contributed by atoms with Gasteiger partial charge in [0, 0.05) is 10.4 Å². The van der Waals surface area contributed by atoms with Crippen LogP contribution in [0.2, 0.25) is 0 Å².